The Morgan fingerprint density at radius 1 is 0.966 bits per heavy atom. The van der Waals surface area contributed by atoms with Crippen molar-refractivity contribution in [1.29, 1.82) is 0 Å². The lowest BCUT2D eigenvalue weighted by Crippen LogP contribution is -2.03. The van der Waals surface area contributed by atoms with Crippen LogP contribution in [0.3, 0.4) is 0 Å². The lowest BCUT2D eigenvalue weighted by Gasteiger charge is -2.12. The molecule has 0 fully saturated rings. The molecule has 2 aromatic carbocycles. The van der Waals surface area contributed by atoms with Gasteiger partial charge in [-0.15, -0.1) is 0 Å². The highest BCUT2D eigenvalue weighted by Gasteiger charge is 2.10. The first-order valence-electron chi connectivity index (χ1n) is 9.28. The van der Waals surface area contributed by atoms with Crippen LogP contribution >= 0.6 is 0 Å². The van der Waals surface area contributed by atoms with Gasteiger partial charge in [0, 0.05) is 66.9 Å². The molecular formula is C22H19N7. The van der Waals surface area contributed by atoms with Gasteiger partial charge in [-0.2, -0.15) is 0 Å². The third kappa shape index (κ3) is 3.23. The van der Waals surface area contributed by atoms with Gasteiger partial charge in [0.15, 0.2) is 0 Å². The fraction of sp³-hybridized carbons (Fsp3) is 0.0909. The summed E-state index contributed by atoms with van der Waals surface area (Å²) in [5.74, 6) is 0.271. The van der Waals surface area contributed by atoms with Gasteiger partial charge in [-0.1, -0.05) is 12.1 Å². The third-order valence-corrected chi connectivity index (χ3v) is 4.99. The SMILES string of the molecule is Cn1ccc2ccc(-c3cc(NCc4cnc(N)nc4)cc4nccnc34)cc21. The fourth-order valence-corrected chi connectivity index (χ4v) is 3.49. The zero-order valence-electron chi connectivity index (χ0n) is 15.9. The predicted octanol–water partition coefficient (Wildman–Crippen LogP) is 3.77. The molecule has 3 heterocycles. The predicted molar refractivity (Wildman–Crippen MR) is 115 cm³/mol. The summed E-state index contributed by atoms with van der Waals surface area (Å²) in [6.07, 6.45) is 8.95. The summed E-state index contributed by atoms with van der Waals surface area (Å²) in [5.41, 5.74) is 12.5. The first kappa shape index (κ1) is 17.1. The second kappa shape index (κ2) is 6.87. The van der Waals surface area contributed by atoms with E-state index in [1.807, 2.05) is 6.07 Å². The highest BCUT2D eigenvalue weighted by atomic mass is 15.0. The molecule has 5 aromatic rings. The van der Waals surface area contributed by atoms with Crippen LogP contribution in [0.1, 0.15) is 5.56 Å². The molecule has 0 atom stereocenters. The van der Waals surface area contributed by atoms with Gasteiger partial charge in [0.2, 0.25) is 5.95 Å². The van der Waals surface area contributed by atoms with Gasteiger partial charge in [-0.25, -0.2) is 9.97 Å². The van der Waals surface area contributed by atoms with E-state index < -0.39 is 0 Å². The Bertz CT molecular complexity index is 1320. The molecule has 0 aliphatic carbocycles. The van der Waals surface area contributed by atoms with Crippen molar-refractivity contribution in [2.45, 2.75) is 6.54 Å². The van der Waals surface area contributed by atoms with Crippen molar-refractivity contribution in [2.75, 3.05) is 11.1 Å². The van der Waals surface area contributed by atoms with E-state index in [9.17, 15) is 0 Å². The van der Waals surface area contributed by atoms with E-state index in [4.69, 9.17) is 5.73 Å². The Balaban J connectivity index is 1.57. The minimum Gasteiger partial charge on any atom is -0.381 e. The molecular weight excluding hydrogens is 362 g/mol. The van der Waals surface area contributed by atoms with Crippen LogP contribution in [0.25, 0.3) is 33.1 Å². The van der Waals surface area contributed by atoms with Crippen LogP contribution in [0.4, 0.5) is 11.6 Å². The highest BCUT2D eigenvalue weighted by Crippen LogP contribution is 2.32. The molecule has 0 saturated heterocycles. The summed E-state index contributed by atoms with van der Waals surface area (Å²) in [7, 11) is 2.05. The largest absolute Gasteiger partial charge is 0.381 e. The van der Waals surface area contributed by atoms with Crippen LogP contribution in [-0.4, -0.2) is 24.5 Å². The quantitative estimate of drug-likeness (QED) is 0.492. The van der Waals surface area contributed by atoms with Crippen molar-refractivity contribution in [1.82, 2.24) is 24.5 Å². The summed E-state index contributed by atoms with van der Waals surface area (Å²) in [6, 6.07) is 12.7. The Morgan fingerprint density at radius 3 is 2.66 bits per heavy atom. The minimum atomic E-state index is 0.271. The number of anilines is 2. The topological polar surface area (TPSA) is 94.5 Å². The first-order valence-corrected chi connectivity index (χ1v) is 9.28. The number of aromatic nitrogens is 5. The van der Waals surface area contributed by atoms with Gasteiger partial charge >= 0.3 is 0 Å². The molecule has 7 heteroatoms. The number of nitrogens with two attached hydrogens (primary N) is 1. The van der Waals surface area contributed by atoms with Crippen molar-refractivity contribution >= 4 is 33.6 Å². The number of nitrogens with one attached hydrogen (secondary N) is 1. The molecule has 0 aliphatic rings. The molecule has 142 valence electrons. The summed E-state index contributed by atoms with van der Waals surface area (Å²) in [4.78, 5) is 17.2. The third-order valence-electron chi connectivity index (χ3n) is 4.99. The minimum absolute atomic E-state index is 0.271. The van der Waals surface area contributed by atoms with Gasteiger partial charge in [0.05, 0.1) is 11.0 Å². The summed E-state index contributed by atoms with van der Waals surface area (Å²) < 4.78 is 2.12. The van der Waals surface area contributed by atoms with E-state index in [1.54, 1.807) is 24.8 Å². The van der Waals surface area contributed by atoms with Crippen molar-refractivity contribution < 1.29 is 0 Å². The molecule has 0 bridgehead atoms. The van der Waals surface area contributed by atoms with E-state index in [2.05, 4.69) is 73.4 Å². The van der Waals surface area contributed by atoms with Crippen LogP contribution in [0.5, 0.6) is 0 Å². The van der Waals surface area contributed by atoms with Crippen LogP contribution in [0.2, 0.25) is 0 Å². The molecule has 0 saturated carbocycles. The van der Waals surface area contributed by atoms with Crippen LogP contribution in [0.15, 0.2) is 67.4 Å². The van der Waals surface area contributed by atoms with Crippen molar-refractivity contribution in [2.24, 2.45) is 7.05 Å². The number of nitrogens with zero attached hydrogens (tertiary/aromatic N) is 5. The molecule has 0 spiro atoms. The Labute approximate surface area is 167 Å². The maximum Gasteiger partial charge on any atom is 0.219 e. The van der Waals surface area contributed by atoms with E-state index in [1.165, 1.54) is 10.9 Å². The number of aryl methyl sites for hydroxylation is 1. The Hall–Kier alpha value is -4.00. The number of nitrogen functional groups attached to an aromatic ring is 1. The normalized spacial score (nSPS) is 11.2. The second-order valence-corrected chi connectivity index (χ2v) is 6.95. The number of benzene rings is 2. The summed E-state index contributed by atoms with van der Waals surface area (Å²) in [6.45, 7) is 0.586. The van der Waals surface area contributed by atoms with Crippen molar-refractivity contribution in [3.63, 3.8) is 0 Å². The van der Waals surface area contributed by atoms with Gasteiger partial charge in [0.1, 0.15) is 0 Å². The average Bonchev–Trinajstić information content (AvgIpc) is 3.13. The average molecular weight is 381 g/mol. The maximum atomic E-state index is 5.56. The molecule has 3 N–H and O–H groups in total. The maximum absolute atomic E-state index is 5.56. The van der Waals surface area contributed by atoms with Gasteiger partial charge in [-0.05, 0) is 35.2 Å². The lowest BCUT2D eigenvalue weighted by molar-refractivity contribution is 0.969. The zero-order valence-corrected chi connectivity index (χ0v) is 15.9. The Morgan fingerprint density at radius 2 is 1.79 bits per heavy atom. The van der Waals surface area contributed by atoms with Crippen LogP contribution in [0, 0.1) is 0 Å². The smallest absolute Gasteiger partial charge is 0.219 e. The molecule has 3 aromatic heterocycles. The standard InChI is InChI=1S/C22H19N7/c1-29-7-4-15-2-3-16(8-20(15)29)18-9-17(10-19-21(18)25-6-5-24-19)26-11-14-12-27-22(23)28-13-14/h2-10,12-13,26H,11H2,1H3,(H2,23,27,28). The molecule has 0 aliphatic heterocycles. The van der Waals surface area contributed by atoms with E-state index in [0.29, 0.717) is 6.54 Å². The van der Waals surface area contributed by atoms with Crippen molar-refractivity contribution in [3.8, 4) is 11.1 Å². The zero-order chi connectivity index (χ0) is 19.8. The number of hydrogen-bond acceptors (Lipinski definition) is 6. The molecule has 0 amide bonds. The first-order chi connectivity index (χ1) is 14.2. The van der Waals surface area contributed by atoms with E-state index >= 15 is 0 Å². The van der Waals surface area contributed by atoms with Gasteiger partial charge in [-0.3, -0.25) is 9.97 Å². The van der Waals surface area contributed by atoms with E-state index in [-0.39, 0.29) is 5.95 Å². The number of hydrogen-bond donors (Lipinski definition) is 2. The van der Waals surface area contributed by atoms with E-state index in [0.717, 1.165) is 33.4 Å². The lowest BCUT2D eigenvalue weighted by atomic mass is 10.0. The monoisotopic (exact) mass is 381 g/mol. The molecule has 0 unspecified atom stereocenters. The molecule has 29 heavy (non-hydrogen) atoms. The fourth-order valence-electron chi connectivity index (χ4n) is 3.49. The number of rotatable bonds is 4. The second-order valence-electron chi connectivity index (χ2n) is 6.95. The van der Waals surface area contributed by atoms with Crippen LogP contribution < -0.4 is 11.1 Å². The van der Waals surface area contributed by atoms with Gasteiger partial charge in [0.25, 0.3) is 0 Å². The molecule has 7 nitrogen and oxygen atoms in total. The Kier molecular flexibility index (Phi) is 4.05. The summed E-state index contributed by atoms with van der Waals surface area (Å²) in [5, 5.41) is 4.64. The van der Waals surface area contributed by atoms with Gasteiger partial charge < -0.3 is 15.6 Å². The molecule has 5 rings (SSSR count). The van der Waals surface area contributed by atoms with Crippen LogP contribution in [-0.2, 0) is 13.6 Å². The highest BCUT2D eigenvalue weighted by molar-refractivity contribution is 5.97. The van der Waals surface area contributed by atoms with Crippen molar-refractivity contribution in [3.05, 3.63) is 72.9 Å². The molecule has 0 radical (unpaired) electrons. The number of fused-ring (bicyclic) bond motifs is 2. The summed E-state index contributed by atoms with van der Waals surface area (Å²) >= 11 is 0.